The van der Waals surface area contributed by atoms with Crippen LogP contribution in [0.1, 0.15) is 25.7 Å². The first-order chi connectivity index (χ1) is 6.27. The lowest BCUT2D eigenvalue weighted by Gasteiger charge is -2.30. The quantitative estimate of drug-likeness (QED) is 0.672. The second-order valence-corrected chi connectivity index (χ2v) is 3.52. The van der Waals surface area contributed by atoms with E-state index in [0.717, 1.165) is 12.8 Å². The normalized spacial score (nSPS) is 28.2. The van der Waals surface area contributed by atoms with Crippen LogP contribution in [0.15, 0.2) is 0 Å². The third kappa shape index (κ3) is 2.88. The lowest BCUT2D eigenvalue weighted by atomic mass is 9.85. The largest absolute Gasteiger partial charge is 0.453 e. The summed E-state index contributed by atoms with van der Waals surface area (Å²) >= 11 is 0. The molecule has 0 aromatic heterocycles. The third-order valence-corrected chi connectivity index (χ3v) is 2.70. The zero-order chi connectivity index (χ0) is 9.68. The lowest BCUT2D eigenvalue weighted by Crippen LogP contribution is -2.44. The second kappa shape index (κ2) is 5.07. The standard InChI is InChI=1S/C9H18N2O2/c1-13-9(12)11-8-5-3-2-4-7(8)6-10/h7-8H,2-6,10H2,1H3,(H,11,12). The summed E-state index contributed by atoms with van der Waals surface area (Å²) < 4.78 is 4.55. The molecule has 2 atom stereocenters. The fourth-order valence-corrected chi connectivity index (χ4v) is 1.89. The summed E-state index contributed by atoms with van der Waals surface area (Å²) in [6.07, 6.45) is 4.19. The molecule has 3 N–H and O–H groups in total. The van der Waals surface area contributed by atoms with Gasteiger partial charge in [-0.15, -0.1) is 0 Å². The number of carbonyl (C=O) groups excluding carboxylic acids is 1. The predicted octanol–water partition coefficient (Wildman–Crippen LogP) is 0.860. The Kier molecular flexibility index (Phi) is 4.02. The van der Waals surface area contributed by atoms with E-state index in [1.165, 1.54) is 20.0 Å². The van der Waals surface area contributed by atoms with Gasteiger partial charge < -0.3 is 15.8 Å². The number of rotatable bonds is 2. The molecule has 0 aliphatic heterocycles. The van der Waals surface area contributed by atoms with Crippen LogP contribution >= 0.6 is 0 Å². The van der Waals surface area contributed by atoms with Crippen molar-refractivity contribution in [2.24, 2.45) is 11.7 Å². The van der Waals surface area contributed by atoms with Crippen molar-refractivity contribution in [2.45, 2.75) is 31.7 Å². The van der Waals surface area contributed by atoms with E-state index in [9.17, 15) is 4.79 Å². The summed E-state index contributed by atoms with van der Waals surface area (Å²) in [6, 6.07) is 0.214. The molecule has 1 rings (SSSR count). The monoisotopic (exact) mass is 186 g/mol. The van der Waals surface area contributed by atoms with Gasteiger partial charge in [-0.1, -0.05) is 12.8 Å². The number of hydrogen-bond acceptors (Lipinski definition) is 3. The minimum Gasteiger partial charge on any atom is -0.453 e. The fourth-order valence-electron chi connectivity index (χ4n) is 1.89. The van der Waals surface area contributed by atoms with E-state index in [0.29, 0.717) is 12.5 Å². The molecule has 13 heavy (non-hydrogen) atoms. The average molecular weight is 186 g/mol. The molecule has 1 aliphatic rings. The van der Waals surface area contributed by atoms with Gasteiger partial charge in [0, 0.05) is 6.04 Å². The number of nitrogens with one attached hydrogen (secondary N) is 1. The molecule has 0 aromatic rings. The van der Waals surface area contributed by atoms with E-state index in [1.54, 1.807) is 0 Å². The van der Waals surface area contributed by atoms with Gasteiger partial charge in [0.2, 0.25) is 0 Å². The van der Waals surface area contributed by atoms with Gasteiger partial charge in [-0.05, 0) is 25.3 Å². The van der Waals surface area contributed by atoms with Crippen LogP contribution in [0, 0.1) is 5.92 Å². The molecule has 4 heteroatoms. The highest BCUT2D eigenvalue weighted by atomic mass is 16.5. The maximum Gasteiger partial charge on any atom is 0.407 e. The van der Waals surface area contributed by atoms with Crippen LogP contribution in [0.25, 0.3) is 0 Å². The molecule has 1 aliphatic carbocycles. The van der Waals surface area contributed by atoms with Gasteiger partial charge in [0.05, 0.1) is 7.11 Å². The number of ether oxygens (including phenoxy) is 1. The van der Waals surface area contributed by atoms with E-state index in [2.05, 4.69) is 10.1 Å². The zero-order valence-electron chi connectivity index (χ0n) is 8.08. The second-order valence-electron chi connectivity index (χ2n) is 3.52. The van der Waals surface area contributed by atoms with E-state index in [4.69, 9.17) is 5.73 Å². The number of alkyl carbamates (subject to hydrolysis) is 1. The lowest BCUT2D eigenvalue weighted by molar-refractivity contribution is 0.155. The van der Waals surface area contributed by atoms with Gasteiger partial charge in [-0.25, -0.2) is 4.79 Å². The molecule has 0 heterocycles. The molecule has 1 fully saturated rings. The van der Waals surface area contributed by atoms with Gasteiger partial charge in [0.25, 0.3) is 0 Å². The number of amides is 1. The van der Waals surface area contributed by atoms with Crippen LogP contribution in [0.2, 0.25) is 0 Å². The molecule has 0 radical (unpaired) electrons. The Hall–Kier alpha value is -0.770. The van der Waals surface area contributed by atoms with Crippen LogP contribution in [0.4, 0.5) is 4.79 Å². The maximum atomic E-state index is 11.0. The molecule has 0 aromatic carbocycles. The van der Waals surface area contributed by atoms with Crippen LogP contribution in [0.5, 0.6) is 0 Å². The molecule has 0 spiro atoms. The van der Waals surface area contributed by atoms with Crippen molar-refractivity contribution in [1.29, 1.82) is 0 Å². The van der Waals surface area contributed by atoms with Crippen molar-refractivity contribution in [2.75, 3.05) is 13.7 Å². The highest BCUT2D eigenvalue weighted by Crippen LogP contribution is 2.23. The molecule has 0 bridgehead atoms. The maximum absolute atomic E-state index is 11.0. The van der Waals surface area contributed by atoms with Crippen molar-refractivity contribution in [1.82, 2.24) is 5.32 Å². The minimum atomic E-state index is -0.342. The summed E-state index contributed by atoms with van der Waals surface area (Å²) in [5, 5.41) is 2.83. The first kappa shape index (κ1) is 10.3. The highest BCUT2D eigenvalue weighted by Gasteiger charge is 2.25. The van der Waals surface area contributed by atoms with Crippen molar-refractivity contribution in [3.8, 4) is 0 Å². The van der Waals surface area contributed by atoms with Gasteiger partial charge in [0.15, 0.2) is 0 Å². The highest BCUT2D eigenvalue weighted by molar-refractivity contribution is 5.67. The zero-order valence-corrected chi connectivity index (χ0v) is 8.08. The summed E-state index contributed by atoms with van der Waals surface area (Å²) in [5.41, 5.74) is 5.62. The fraction of sp³-hybridized carbons (Fsp3) is 0.889. The SMILES string of the molecule is COC(=O)NC1CCCCC1CN. The first-order valence-electron chi connectivity index (χ1n) is 4.82. The topological polar surface area (TPSA) is 64.3 Å². The Balaban J connectivity index is 2.40. The molecule has 4 nitrogen and oxygen atoms in total. The Labute approximate surface area is 78.8 Å². The number of methoxy groups -OCH3 is 1. The van der Waals surface area contributed by atoms with Gasteiger partial charge in [0.1, 0.15) is 0 Å². The molecule has 2 unspecified atom stereocenters. The van der Waals surface area contributed by atoms with E-state index < -0.39 is 0 Å². The van der Waals surface area contributed by atoms with Crippen molar-refractivity contribution < 1.29 is 9.53 Å². The van der Waals surface area contributed by atoms with E-state index in [1.807, 2.05) is 0 Å². The average Bonchev–Trinajstić information content (AvgIpc) is 2.18. The molecular weight excluding hydrogens is 168 g/mol. The van der Waals surface area contributed by atoms with Crippen molar-refractivity contribution in [3.63, 3.8) is 0 Å². The minimum absolute atomic E-state index is 0.214. The molecule has 76 valence electrons. The Morgan fingerprint density at radius 3 is 2.85 bits per heavy atom. The molecular formula is C9H18N2O2. The molecule has 1 amide bonds. The molecule has 1 saturated carbocycles. The van der Waals surface area contributed by atoms with Crippen molar-refractivity contribution in [3.05, 3.63) is 0 Å². The van der Waals surface area contributed by atoms with Gasteiger partial charge in [-0.2, -0.15) is 0 Å². The van der Waals surface area contributed by atoms with Crippen LogP contribution in [0.3, 0.4) is 0 Å². The summed E-state index contributed by atoms with van der Waals surface area (Å²) in [7, 11) is 1.38. The van der Waals surface area contributed by atoms with E-state index in [-0.39, 0.29) is 12.1 Å². The van der Waals surface area contributed by atoms with Crippen LogP contribution in [-0.2, 0) is 4.74 Å². The van der Waals surface area contributed by atoms with Crippen molar-refractivity contribution >= 4 is 6.09 Å². The van der Waals surface area contributed by atoms with Crippen LogP contribution in [-0.4, -0.2) is 25.8 Å². The third-order valence-electron chi connectivity index (χ3n) is 2.70. The van der Waals surface area contributed by atoms with Crippen LogP contribution < -0.4 is 11.1 Å². The smallest absolute Gasteiger partial charge is 0.407 e. The predicted molar refractivity (Wildman–Crippen MR) is 50.3 cm³/mol. The Morgan fingerprint density at radius 2 is 2.23 bits per heavy atom. The summed E-state index contributed by atoms with van der Waals surface area (Å²) in [6.45, 7) is 0.647. The van der Waals surface area contributed by atoms with E-state index >= 15 is 0 Å². The Bertz CT molecular complexity index is 173. The number of carbonyl (C=O) groups is 1. The number of nitrogens with two attached hydrogens (primary N) is 1. The first-order valence-corrected chi connectivity index (χ1v) is 4.82. The molecule has 0 saturated heterocycles. The Morgan fingerprint density at radius 1 is 1.54 bits per heavy atom. The van der Waals surface area contributed by atoms with Gasteiger partial charge in [-0.3, -0.25) is 0 Å². The summed E-state index contributed by atoms with van der Waals surface area (Å²) in [5.74, 6) is 0.424. The number of hydrogen-bond donors (Lipinski definition) is 2. The van der Waals surface area contributed by atoms with Gasteiger partial charge >= 0.3 is 6.09 Å². The summed E-state index contributed by atoms with van der Waals surface area (Å²) in [4.78, 5) is 11.0.